The number of sulfone groups is 1. The van der Waals surface area contributed by atoms with E-state index >= 15 is 17.6 Å². The van der Waals surface area contributed by atoms with E-state index in [9.17, 15) is 31.2 Å². The SMILES string of the molecule is Cc1ccc(-c2ccc(Oc3cccc(Oc4ccc(-c5ccc(Oc6c(F)c(F)c(S(=O)(=O)c7c(F)c(F)c(C)c(F)c7F)c(F)c6F)cc5)cc4)c3C#N)cc2)cc1. The number of benzene rings is 7. The summed E-state index contributed by atoms with van der Waals surface area (Å²) in [5, 5.41) is 10.00. The largest absolute Gasteiger partial charge is 0.456 e. The number of aryl methyl sites for hydroxylation is 1. The first-order valence-electron chi connectivity index (χ1n) is 17.5. The van der Waals surface area contributed by atoms with E-state index in [2.05, 4.69) is 6.07 Å². The van der Waals surface area contributed by atoms with E-state index in [0.29, 0.717) is 29.5 Å². The predicted molar refractivity (Wildman–Crippen MR) is 203 cm³/mol. The number of ether oxygens (including phenoxy) is 3. The average Bonchev–Trinajstić information content (AvgIpc) is 3.24. The highest BCUT2D eigenvalue weighted by Crippen LogP contribution is 2.40. The van der Waals surface area contributed by atoms with E-state index in [1.165, 1.54) is 12.1 Å². The van der Waals surface area contributed by atoms with Crippen LogP contribution in [0, 0.1) is 71.7 Å². The van der Waals surface area contributed by atoms with Crippen molar-refractivity contribution in [3.8, 4) is 62.8 Å². The fourth-order valence-corrected chi connectivity index (χ4v) is 7.54. The summed E-state index contributed by atoms with van der Waals surface area (Å²) >= 11 is 0. The van der Waals surface area contributed by atoms with Crippen LogP contribution in [0.4, 0.5) is 35.1 Å². The Kier molecular flexibility index (Phi) is 11.1. The molecule has 0 amide bonds. The molecular weight excluding hydrogens is 819 g/mol. The van der Waals surface area contributed by atoms with E-state index < -0.39 is 77.5 Å². The summed E-state index contributed by atoms with van der Waals surface area (Å²) in [6.07, 6.45) is 0. The van der Waals surface area contributed by atoms with Gasteiger partial charge in [0.25, 0.3) is 0 Å². The lowest BCUT2D eigenvalue weighted by atomic mass is 10.0. The van der Waals surface area contributed by atoms with Crippen LogP contribution in [0.2, 0.25) is 0 Å². The molecule has 60 heavy (non-hydrogen) atoms. The maximum absolute atomic E-state index is 15.1. The minimum atomic E-state index is -6.29. The van der Waals surface area contributed by atoms with Gasteiger partial charge in [-0.1, -0.05) is 72.3 Å². The van der Waals surface area contributed by atoms with Crippen molar-refractivity contribution >= 4 is 9.84 Å². The summed E-state index contributed by atoms with van der Waals surface area (Å²) < 4.78 is 160. The van der Waals surface area contributed by atoms with Crippen LogP contribution in [0.25, 0.3) is 22.3 Å². The van der Waals surface area contributed by atoms with Crippen LogP contribution in [0.15, 0.2) is 125 Å². The van der Waals surface area contributed by atoms with Crippen LogP contribution in [0.1, 0.15) is 16.7 Å². The fourth-order valence-electron chi connectivity index (χ4n) is 6.03. The molecule has 0 fully saturated rings. The molecule has 0 radical (unpaired) electrons. The summed E-state index contributed by atoms with van der Waals surface area (Å²) in [5.74, 6) is -20.5. The zero-order valence-corrected chi connectivity index (χ0v) is 31.7. The fraction of sp³-hybridized carbons (Fsp3) is 0.0444. The molecule has 0 aliphatic rings. The van der Waals surface area contributed by atoms with Crippen LogP contribution in [-0.4, -0.2) is 8.42 Å². The van der Waals surface area contributed by atoms with Gasteiger partial charge in [-0.25, -0.2) is 34.8 Å². The molecule has 0 spiro atoms. The third kappa shape index (κ3) is 7.60. The molecule has 0 aliphatic heterocycles. The van der Waals surface area contributed by atoms with Crippen LogP contribution in [0.3, 0.4) is 0 Å². The Morgan fingerprint density at radius 1 is 0.450 bits per heavy atom. The Bertz CT molecular complexity index is 2900. The second-order valence-corrected chi connectivity index (χ2v) is 14.9. The van der Waals surface area contributed by atoms with Crippen molar-refractivity contribution in [2.45, 2.75) is 23.6 Å². The maximum atomic E-state index is 15.1. The molecule has 15 heteroatoms. The molecule has 0 aliphatic carbocycles. The third-order valence-electron chi connectivity index (χ3n) is 9.22. The van der Waals surface area contributed by atoms with Crippen LogP contribution >= 0.6 is 0 Å². The Morgan fingerprint density at radius 3 is 1.15 bits per heavy atom. The van der Waals surface area contributed by atoms with Crippen LogP contribution in [-0.2, 0) is 9.84 Å². The molecule has 0 unspecified atom stereocenters. The molecule has 6 nitrogen and oxygen atoms in total. The summed E-state index contributed by atoms with van der Waals surface area (Å²) in [5.41, 5.74) is 3.13. The molecular formula is C45H25F8NO5S. The third-order valence-corrected chi connectivity index (χ3v) is 11.0. The number of nitrogens with zero attached hydrogens (tertiary/aromatic N) is 1. The smallest absolute Gasteiger partial charge is 0.218 e. The van der Waals surface area contributed by atoms with Crippen molar-refractivity contribution in [3.63, 3.8) is 0 Å². The lowest BCUT2D eigenvalue weighted by Gasteiger charge is -2.15. The van der Waals surface area contributed by atoms with Crippen molar-refractivity contribution in [2.24, 2.45) is 0 Å². The van der Waals surface area contributed by atoms with E-state index in [-0.39, 0.29) is 22.8 Å². The minimum absolute atomic E-state index is 0.142. The number of hydrogen-bond donors (Lipinski definition) is 0. The van der Waals surface area contributed by atoms with Gasteiger partial charge in [-0.3, -0.25) is 0 Å². The summed E-state index contributed by atoms with van der Waals surface area (Å²) in [4.78, 5) is -5.04. The highest BCUT2D eigenvalue weighted by molar-refractivity contribution is 7.91. The van der Waals surface area contributed by atoms with E-state index in [1.807, 2.05) is 43.3 Å². The minimum Gasteiger partial charge on any atom is -0.456 e. The number of rotatable bonds is 10. The van der Waals surface area contributed by atoms with Gasteiger partial charge in [0.1, 0.15) is 50.2 Å². The molecule has 0 saturated carbocycles. The van der Waals surface area contributed by atoms with Gasteiger partial charge in [-0.05, 0) is 84.6 Å². The normalized spacial score (nSPS) is 11.3. The Balaban J connectivity index is 1.06. The van der Waals surface area contributed by atoms with E-state index in [1.54, 1.807) is 54.6 Å². The second kappa shape index (κ2) is 16.2. The number of hydrogen-bond acceptors (Lipinski definition) is 6. The first-order valence-corrected chi connectivity index (χ1v) is 19.0. The maximum Gasteiger partial charge on any atom is 0.218 e. The lowest BCUT2D eigenvalue weighted by Crippen LogP contribution is -2.17. The predicted octanol–water partition coefficient (Wildman–Crippen LogP) is 12.8. The molecule has 0 heterocycles. The molecule has 0 atom stereocenters. The number of halogens is 8. The average molecular weight is 844 g/mol. The molecule has 7 aromatic rings. The molecule has 302 valence electrons. The van der Waals surface area contributed by atoms with Gasteiger partial charge in [0.15, 0.2) is 34.9 Å². The second-order valence-electron chi connectivity index (χ2n) is 13.1. The quantitative estimate of drug-likeness (QED) is 0.101. The van der Waals surface area contributed by atoms with Crippen molar-refractivity contribution < 1.29 is 57.8 Å². The first kappa shape index (κ1) is 41.0. The number of nitriles is 1. The molecule has 0 aromatic heterocycles. The summed E-state index contributed by atoms with van der Waals surface area (Å²) in [6.45, 7) is 2.56. The zero-order valence-electron chi connectivity index (χ0n) is 30.9. The zero-order chi connectivity index (χ0) is 43.0. The molecule has 0 bridgehead atoms. The van der Waals surface area contributed by atoms with Gasteiger partial charge in [0, 0.05) is 5.56 Å². The Hall–Kier alpha value is -7.18. The summed E-state index contributed by atoms with van der Waals surface area (Å²) in [6, 6.07) is 34.1. The highest BCUT2D eigenvalue weighted by atomic mass is 32.2. The van der Waals surface area contributed by atoms with Gasteiger partial charge in [0.2, 0.25) is 27.2 Å². The standard InChI is InChI=1S/C45H25F8NO5S/c1-23-6-8-25(9-7-23)26-10-16-29(17-11-26)57-33-4-3-5-34(32(33)22-54)58-30-18-12-27(13-19-30)28-14-20-31(21-15-28)59-43-37(48)41(52)45(42(53)38(43)49)60(55,56)44-39(50)35(46)24(2)36(47)40(44)51/h3-21H,1-2H3. The lowest BCUT2D eigenvalue weighted by molar-refractivity contribution is 0.350. The van der Waals surface area contributed by atoms with Crippen molar-refractivity contribution in [1.29, 1.82) is 5.26 Å². The van der Waals surface area contributed by atoms with Crippen LogP contribution < -0.4 is 14.2 Å². The van der Waals surface area contributed by atoms with E-state index in [0.717, 1.165) is 28.8 Å². The van der Waals surface area contributed by atoms with Crippen LogP contribution in [0.5, 0.6) is 34.5 Å². The Labute approximate surface area is 337 Å². The van der Waals surface area contributed by atoms with Crippen molar-refractivity contribution in [2.75, 3.05) is 0 Å². The van der Waals surface area contributed by atoms with Gasteiger partial charge in [0.05, 0.1) is 0 Å². The molecule has 0 saturated heterocycles. The molecule has 7 rings (SSSR count). The van der Waals surface area contributed by atoms with Gasteiger partial charge >= 0.3 is 0 Å². The van der Waals surface area contributed by atoms with E-state index in [4.69, 9.17) is 14.2 Å². The first-order chi connectivity index (χ1) is 28.6. The Morgan fingerprint density at radius 2 is 0.783 bits per heavy atom. The van der Waals surface area contributed by atoms with Gasteiger partial charge < -0.3 is 14.2 Å². The molecule has 7 aromatic carbocycles. The highest BCUT2D eigenvalue weighted by Gasteiger charge is 2.40. The van der Waals surface area contributed by atoms with Crippen molar-refractivity contribution in [3.05, 3.63) is 178 Å². The van der Waals surface area contributed by atoms with Gasteiger partial charge in [-0.15, -0.1) is 0 Å². The summed E-state index contributed by atoms with van der Waals surface area (Å²) in [7, 11) is -6.29. The molecule has 0 N–H and O–H groups in total. The topological polar surface area (TPSA) is 85.6 Å². The van der Waals surface area contributed by atoms with Gasteiger partial charge in [-0.2, -0.15) is 14.0 Å². The monoisotopic (exact) mass is 843 g/mol. The van der Waals surface area contributed by atoms with Crippen molar-refractivity contribution in [1.82, 2.24) is 0 Å².